The summed E-state index contributed by atoms with van der Waals surface area (Å²) < 4.78 is 9.29. The third-order valence-electron chi connectivity index (χ3n) is 10.9. The summed E-state index contributed by atoms with van der Waals surface area (Å²) in [5.41, 5.74) is 12.0. The van der Waals surface area contributed by atoms with Crippen molar-refractivity contribution in [2.45, 2.75) is 0 Å². The number of para-hydroxylation sites is 2. The predicted molar refractivity (Wildman–Crippen MR) is 235 cm³/mol. The zero-order valence-electron chi connectivity index (χ0n) is 29.8. The summed E-state index contributed by atoms with van der Waals surface area (Å²) in [6, 6.07) is 72.2. The van der Waals surface area contributed by atoms with Gasteiger partial charge in [0.15, 0.2) is 5.58 Å². The summed E-state index contributed by atoms with van der Waals surface area (Å²) in [6.45, 7) is 0. The Morgan fingerprint density at radius 2 is 1.07 bits per heavy atom. The van der Waals surface area contributed by atoms with Gasteiger partial charge in [-0.15, -0.1) is 11.3 Å². The van der Waals surface area contributed by atoms with Crippen LogP contribution in [0.25, 0.3) is 86.3 Å². The molecule has 0 amide bonds. The van der Waals surface area contributed by atoms with E-state index in [1.165, 1.54) is 64.3 Å². The number of nitrogens with zero attached hydrogens (tertiary/aromatic N) is 1. The van der Waals surface area contributed by atoms with Crippen LogP contribution in [0.15, 0.2) is 205 Å². The highest BCUT2D eigenvalue weighted by molar-refractivity contribution is 7.26. The normalized spacial score (nSPS) is 11.6. The van der Waals surface area contributed by atoms with Gasteiger partial charge in [-0.05, 0) is 87.1 Å². The molecule has 0 bridgehead atoms. The molecule has 0 saturated carbocycles. The number of hydrogen-bond donors (Lipinski definition) is 0. The van der Waals surface area contributed by atoms with E-state index in [1.807, 2.05) is 17.4 Å². The Hall–Kier alpha value is -6.94. The van der Waals surface area contributed by atoms with Gasteiger partial charge in [0.05, 0.1) is 5.69 Å². The van der Waals surface area contributed by atoms with Gasteiger partial charge in [-0.25, -0.2) is 0 Å². The molecule has 0 fully saturated rings. The third kappa shape index (κ3) is 5.32. The van der Waals surface area contributed by atoms with Crippen LogP contribution in [0.4, 0.5) is 17.1 Å². The molecule has 11 rings (SSSR count). The van der Waals surface area contributed by atoms with Crippen LogP contribution >= 0.6 is 11.3 Å². The zero-order valence-corrected chi connectivity index (χ0v) is 30.6. The van der Waals surface area contributed by atoms with E-state index in [1.54, 1.807) is 0 Å². The number of fused-ring (bicyclic) bond motifs is 7. The molecule has 0 saturated heterocycles. The maximum Gasteiger partial charge on any atom is 0.159 e. The zero-order chi connectivity index (χ0) is 36.3. The lowest BCUT2D eigenvalue weighted by atomic mass is 9.92. The molecule has 0 N–H and O–H groups in total. The average molecular weight is 720 g/mol. The van der Waals surface area contributed by atoms with E-state index in [0.29, 0.717) is 0 Å². The predicted octanol–water partition coefficient (Wildman–Crippen LogP) is 15.6. The number of thiophene rings is 1. The second-order valence-electron chi connectivity index (χ2n) is 14.1. The Kier molecular flexibility index (Phi) is 7.39. The van der Waals surface area contributed by atoms with E-state index in [9.17, 15) is 0 Å². The van der Waals surface area contributed by atoms with Crippen molar-refractivity contribution in [3.05, 3.63) is 200 Å². The second-order valence-corrected chi connectivity index (χ2v) is 15.1. The first-order valence-corrected chi connectivity index (χ1v) is 19.5. The van der Waals surface area contributed by atoms with Crippen LogP contribution in [0.5, 0.6) is 0 Å². The fraction of sp³-hybridized carbons (Fsp3) is 0. The van der Waals surface area contributed by atoms with Gasteiger partial charge in [-0.3, -0.25) is 0 Å². The summed E-state index contributed by atoms with van der Waals surface area (Å²) in [6.07, 6.45) is 0. The van der Waals surface area contributed by atoms with Crippen LogP contribution < -0.4 is 4.90 Å². The largest absolute Gasteiger partial charge is 0.454 e. The molecule has 11 aromatic rings. The molecule has 9 aromatic carbocycles. The van der Waals surface area contributed by atoms with Gasteiger partial charge in [0.1, 0.15) is 5.58 Å². The first-order valence-electron chi connectivity index (χ1n) is 18.7. The molecule has 0 atom stereocenters. The Labute approximate surface area is 322 Å². The highest BCUT2D eigenvalue weighted by atomic mass is 32.1. The molecule has 2 nitrogen and oxygen atoms in total. The molecular formula is C52H33NOS. The molecule has 55 heavy (non-hydrogen) atoms. The van der Waals surface area contributed by atoms with Crippen LogP contribution in [0.2, 0.25) is 0 Å². The minimum absolute atomic E-state index is 0.864. The van der Waals surface area contributed by atoms with Crippen molar-refractivity contribution in [2.75, 3.05) is 4.90 Å². The summed E-state index contributed by atoms with van der Waals surface area (Å²) >= 11 is 1.87. The smallest absolute Gasteiger partial charge is 0.159 e. The second kappa shape index (κ2) is 12.9. The molecule has 2 heterocycles. The summed E-state index contributed by atoms with van der Waals surface area (Å²) in [5, 5.41) is 7.28. The highest BCUT2D eigenvalue weighted by Gasteiger charge is 2.22. The van der Waals surface area contributed by atoms with Gasteiger partial charge in [0.2, 0.25) is 0 Å². The number of benzene rings is 9. The number of rotatable bonds is 6. The highest BCUT2D eigenvalue weighted by Crippen LogP contribution is 2.47. The van der Waals surface area contributed by atoms with Gasteiger partial charge >= 0.3 is 0 Å². The quantitative estimate of drug-likeness (QED) is 0.170. The molecular weight excluding hydrogens is 687 g/mol. The molecule has 0 aliphatic rings. The minimum Gasteiger partial charge on any atom is -0.454 e. The van der Waals surface area contributed by atoms with Crippen molar-refractivity contribution in [1.29, 1.82) is 0 Å². The van der Waals surface area contributed by atoms with Gasteiger partial charge in [-0.2, -0.15) is 0 Å². The Balaban J connectivity index is 1.14. The van der Waals surface area contributed by atoms with E-state index in [0.717, 1.165) is 39.0 Å². The molecule has 2 aromatic heterocycles. The fourth-order valence-electron chi connectivity index (χ4n) is 8.23. The number of anilines is 3. The molecule has 3 heteroatoms. The third-order valence-corrected chi connectivity index (χ3v) is 12.1. The Bertz CT molecular complexity index is 3210. The minimum atomic E-state index is 0.864. The van der Waals surface area contributed by atoms with Crippen molar-refractivity contribution in [3.63, 3.8) is 0 Å². The Morgan fingerprint density at radius 1 is 0.382 bits per heavy atom. The van der Waals surface area contributed by atoms with Gasteiger partial charge < -0.3 is 9.32 Å². The average Bonchev–Trinajstić information content (AvgIpc) is 3.83. The van der Waals surface area contributed by atoms with Crippen molar-refractivity contribution in [1.82, 2.24) is 0 Å². The Morgan fingerprint density at radius 3 is 1.96 bits per heavy atom. The van der Waals surface area contributed by atoms with Crippen LogP contribution in [-0.2, 0) is 0 Å². The molecule has 0 radical (unpaired) electrons. The maximum atomic E-state index is 6.70. The molecule has 258 valence electrons. The number of hydrogen-bond acceptors (Lipinski definition) is 3. The van der Waals surface area contributed by atoms with Crippen LogP contribution in [-0.4, -0.2) is 0 Å². The van der Waals surface area contributed by atoms with E-state index in [2.05, 4.69) is 199 Å². The standard InChI is InChI=1S/C52H33NOS/c1-2-13-36(14-3-1)41-31-30-40(33-47(41)46-20-10-19-45-43-17-7-9-23-50(43)55-52(45)46)53(48-21-11-18-44-42-16-6-8-22-49(42)54-51(44)48)39-28-26-35(27-29-39)38-25-24-34-12-4-5-15-37(34)32-38/h1-33H. The van der Waals surface area contributed by atoms with Gasteiger partial charge in [0, 0.05) is 47.9 Å². The van der Waals surface area contributed by atoms with Crippen molar-refractivity contribution in [2.24, 2.45) is 0 Å². The first-order chi connectivity index (χ1) is 27.3. The maximum absolute atomic E-state index is 6.70. The lowest BCUT2D eigenvalue weighted by Crippen LogP contribution is -2.10. The monoisotopic (exact) mass is 719 g/mol. The summed E-state index contributed by atoms with van der Waals surface area (Å²) in [5.74, 6) is 0. The summed E-state index contributed by atoms with van der Waals surface area (Å²) in [4.78, 5) is 2.36. The van der Waals surface area contributed by atoms with Crippen LogP contribution in [0.3, 0.4) is 0 Å². The van der Waals surface area contributed by atoms with E-state index in [-0.39, 0.29) is 0 Å². The molecule has 0 aliphatic heterocycles. The molecule has 0 aliphatic carbocycles. The van der Waals surface area contributed by atoms with E-state index in [4.69, 9.17) is 4.42 Å². The SMILES string of the molecule is c1ccc(-c2ccc(N(c3ccc(-c4ccc5ccccc5c4)cc3)c3cccc4c3oc3ccccc34)cc2-c2cccc3c2sc2ccccc23)cc1. The van der Waals surface area contributed by atoms with Crippen molar-refractivity contribution >= 4 is 81.3 Å². The first kappa shape index (κ1) is 31.6. The van der Waals surface area contributed by atoms with Gasteiger partial charge in [-0.1, -0.05) is 152 Å². The molecule has 0 spiro atoms. The van der Waals surface area contributed by atoms with Crippen LogP contribution in [0.1, 0.15) is 0 Å². The lowest BCUT2D eigenvalue weighted by molar-refractivity contribution is 0.669. The number of furan rings is 1. The van der Waals surface area contributed by atoms with Gasteiger partial charge in [0.25, 0.3) is 0 Å². The van der Waals surface area contributed by atoms with E-state index >= 15 is 0 Å². The summed E-state index contributed by atoms with van der Waals surface area (Å²) in [7, 11) is 0. The fourth-order valence-corrected chi connectivity index (χ4v) is 9.46. The van der Waals surface area contributed by atoms with E-state index < -0.39 is 0 Å². The molecule has 0 unspecified atom stereocenters. The topological polar surface area (TPSA) is 16.4 Å². The van der Waals surface area contributed by atoms with Crippen molar-refractivity contribution in [3.8, 4) is 33.4 Å². The van der Waals surface area contributed by atoms with Crippen molar-refractivity contribution < 1.29 is 4.42 Å². The van der Waals surface area contributed by atoms with Crippen LogP contribution in [0, 0.1) is 0 Å². The lowest BCUT2D eigenvalue weighted by Gasteiger charge is -2.27.